The average molecular weight is 280 g/mol. The summed E-state index contributed by atoms with van der Waals surface area (Å²) in [7, 11) is 0. The van der Waals surface area contributed by atoms with E-state index in [9.17, 15) is 4.79 Å². The van der Waals surface area contributed by atoms with Crippen LogP contribution in [0.5, 0.6) is 0 Å². The van der Waals surface area contributed by atoms with E-state index in [4.69, 9.17) is 10.2 Å². The maximum absolute atomic E-state index is 10.4. The van der Waals surface area contributed by atoms with Gasteiger partial charge in [0.1, 0.15) is 0 Å². The Bertz CT molecular complexity index is 316. The fourth-order valence-corrected chi connectivity index (χ4v) is 1.69. The molecule has 0 aliphatic heterocycles. The molecular formula is C17H28O3. The van der Waals surface area contributed by atoms with Crippen LogP contribution in [-0.4, -0.2) is 22.3 Å². The summed E-state index contributed by atoms with van der Waals surface area (Å²) in [5.74, 6) is -1.15. The van der Waals surface area contributed by atoms with Gasteiger partial charge in [-0.25, -0.2) is 4.79 Å². The van der Waals surface area contributed by atoms with E-state index in [1.165, 1.54) is 25.7 Å². The van der Waals surface area contributed by atoms with Crippen LogP contribution < -0.4 is 0 Å². The van der Waals surface area contributed by atoms with Crippen LogP contribution in [0.1, 0.15) is 58.3 Å². The van der Waals surface area contributed by atoms with Crippen LogP contribution in [0.2, 0.25) is 0 Å². The molecule has 0 bridgehead atoms. The predicted octanol–water partition coefficient (Wildman–Crippen LogP) is 4.24. The first-order valence-corrected chi connectivity index (χ1v) is 7.56. The van der Waals surface area contributed by atoms with E-state index in [2.05, 4.69) is 25.2 Å². The Morgan fingerprint density at radius 1 is 1.00 bits per heavy atom. The van der Waals surface area contributed by atoms with Gasteiger partial charge in [0, 0.05) is 0 Å². The van der Waals surface area contributed by atoms with Crippen molar-refractivity contribution in [2.45, 2.75) is 64.4 Å². The van der Waals surface area contributed by atoms with E-state index >= 15 is 0 Å². The van der Waals surface area contributed by atoms with Crippen molar-refractivity contribution in [3.05, 3.63) is 36.5 Å². The number of aliphatic hydroxyl groups is 1. The molecule has 0 aliphatic carbocycles. The van der Waals surface area contributed by atoms with Crippen LogP contribution in [0, 0.1) is 0 Å². The summed E-state index contributed by atoms with van der Waals surface area (Å²) in [4.78, 5) is 10.4. The molecule has 1 unspecified atom stereocenters. The second-order valence-corrected chi connectivity index (χ2v) is 4.84. The number of carboxylic acid groups (broad SMARTS) is 1. The fourth-order valence-electron chi connectivity index (χ4n) is 1.69. The van der Waals surface area contributed by atoms with Crippen molar-refractivity contribution < 1.29 is 15.0 Å². The summed E-state index contributed by atoms with van der Waals surface area (Å²) >= 11 is 0. The van der Waals surface area contributed by atoms with Gasteiger partial charge in [-0.15, -0.1) is 0 Å². The van der Waals surface area contributed by atoms with E-state index in [0.29, 0.717) is 6.42 Å². The molecule has 3 heteroatoms. The van der Waals surface area contributed by atoms with Gasteiger partial charge in [-0.3, -0.25) is 0 Å². The monoisotopic (exact) mass is 280 g/mol. The molecule has 0 aromatic heterocycles. The molecule has 0 amide bonds. The molecule has 0 aliphatic rings. The number of aliphatic hydroxyl groups excluding tert-OH is 1. The van der Waals surface area contributed by atoms with Crippen molar-refractivity contribution in [1.82, 2.24) is 0 Å². The molecule has 0 radical (unpaired) electrons. The summed E-state index contributed by atoms with van der Waals surface area (Å²) in [6.45, 7) is 2.22. The molecule has 0 saturated carbocycles. The largest absolute Gasteiger partial charge is 0.479 e. The maximum Gasteiger partial charge on any atom is 0.332 e. The van der Waals surface area contributed by atoms with Crippen LogP contribution in [0.4, 0.5) is 0 Å². The molecule has 0 saturated heterocycles. The average Bonchev–Trinajstić information content (AvgIpc) is 2.43. The van der Waals surface area contributed by atoms with Crippen LogP contribution in [0.15, 0.2) is 36.5 Å². The van der Waals surface area contributed by atoms with Crippen molar-refractivity contribution in [1.29, 1.82) is 0 Å². The molecule has 0 aromatic carbocycles. The first-order valence-electron chi connectivity index (χ1n) is 7.56. The summed E-state index contributed by atoms with van der Waals surface area (Å²) in [5.41, 5.74) is 0. The van der Waals surface area contributed by atoms with Gasteiger partial charge in [0.25, 0.3) is 0 Å². The second kappa shape index (κ2) is 14.1. The van der Waals surface area contributed by atoms with E-state index in [1.807, 2.05) is 18.2 Å². The van der Waals surface area contributed by atoms with Crippen LogP contribution >= 0.6 is 0 Å². The lowest BCUT2D eigenvalue weighted by atomic mass is 10.1. The predicted molar refractivity (Wildman–Crippen MR) is 83.7 cm³/mol. The van der Waals surface area contributed by atoms with E-state index < -0.39 is 12.1 Å². The van der Waals surface area contributed by atoms with Gasteiger partial charge >= 0.3 is 5.97 Å². The molecular weight excluding hydrogens is 252 g/mol. The van der Waals surface area contributed by atoms with Gasteiger partial charge in [-0.05, 0) is 32.1 Å². The highest BCUT2D eigenvalue weighted by Crippen LogP contribution is 2.03. The highest BCUT2D eigenvalue weighted by atomic mass is 16.4. The van der Waals surface area contributed by atoms with Crippen molar-refractivity contribution in [2.75, 3.05) is 0 Å². The van der Waals surface area contributed by atoms with Crippen molar-refractivity contribution >= 4 is 5.97 Å². The SMILES string of the molecule is CCCCCC/C=C/C=C/C/C=C/CCC(O)C(=O)O. The number of hydrogen-bond donors (Lipinski definition) is 2. The Morgan fingerprint density at radius 2 is 1.75 bits per heavy atom. The van der Waals surface area contributed by atoms with Crippen LogP contribution in [-0.2, 0) is 4.79 Å². The molecule has 0 fully saturated rings. The molecule has 1 atom stereocenters. The zero-order valence-corrected chi connectivity index (χ0v) is 12.5. The Balaban J connectivity index is 3.46. The fraction of sp³-hybridized carbons (Fsp3) is 0.588. The number of unbranched alkanes of at least 4 members (excludes halogenated alkanes) is 4. The van der Waals surface area contributed by atoms with Gasteiger partial charge in [-0.1, -0.05) is 62.6 Å². The van der Waals surface area contributed by atoms with Gasteiger partial charge in [0.2, 0.25) is 0 Å². The summed E-state index contributed by atoms with van der Waals surface area (Å²) in [6, 6.07) is 0. The number of carboxylic acids is 1. The minimum absolute atomic E-state index is 0.271. The molecule has 2 N–H and O–H groups in total. The van der Waals surface area contributed by atoms with Crippen molar-refractivity contribution in [3.63, 3.8) is 0 Å². The number of rotatable bonds is 12. The van der Waals surface area contributed by atoms with Crippen molar-refractivity contribution in [2.24, 2.45) is 0 Å². The van der Waals surface area contributed by atoms with Crippen molar-refractivity contribution in [3.8, 4) is 0 Å². The first kappa shape index (κ1) is 18.7. The number of hydrogen-bond acceptors (Lipinski definition) is 2. The van der Waals surface area contributed by atoms with Gasteiger partial charge in [0.05, 0.1) is 0 Å². The molecule has 114 valence electrons. The van der Waals surface area contributed by atoms with Crippen LogP contribution in [0.25, 0.3) is 0 Å². The van der Waals surface area contributed by atoms with E-state index in [0.717, 1.165) is 12.8 Å². The summed E-state index contributed by atoms with van der Waals surface area (Å²) in [5, 5.41) is 17.5. The highest BCUT2D eigenvalue weighted by molar-refractivity contribution is 5.71. The number of aliphatic carboxylic acids is 1. The molecule has 20 heavy (non-hydrogen) atoms. The van der Waals surface area contributed by atoms with E-state index in [-0.39, 0.29) is 6.42 Å². The van der Waals surface area contributed by atoms with E-state index in [1.54, 1.807) is 0 Å². The molecule has 0 spiro atoms. The summed E-state index contributed by atoms with van der Waals surface area (Å²) < 4.78 is 0. The third-order valence-electron chi connectivity index (χ3n) is 2.94. The van der Waals surface area contributed by atoms with Gasteiger partial charge in [0.15, 0.2) is 6.10 Å². The Morgan fingerprint density at radius 3 is 2.45 bits per heavy atom. The normalized spacial score (nSPS) is 13.7. The second-order valence-electron chi connectivity index (χ2n) is 4.84. The first-order chi connectivity index (χ1) is 9.68. The summed E-state index contributed by atoms with van der Waals surface area (Å²) in [6.07, 6.45) is 19.1. The highest BCUT2D eigenvalue weighted by Gasteiger charge is 2.10. The lowest BCUT2D eigenvalue weighted by Crippen LogP contribution is -2.18. The molecule has 0 heterocycles. The third kappa shape index (κ3) is 13.1. The zero-order valence-electron chi connectivity index (χ0n) is 12.5. The zero-order chi connectivity index (χ0) is 15.1. The number of carbonyl (C=O) groups is 1. The maximum atomic E-state index is 10.4. The van der Waals surface area contributed by atoms with Crippen LogP contribution in [0.3, 0.4) is 0 Å². The standard InChI is InChI=1S/C17H28O3/c1-2-3-4-5-6-7-8-9-10-11-12-13-14-15-16(18)17(19)20/h7-10,12-13,16,18H,2-6,11,14-15H2,1H3,(H,19,20)/b8-7+,10-9+,13-12+. The minimum atomic E-state index is -1.24. The number of allylic oxidation sites excluding steroid dienone is 6. The topological polar surface area (TPSA) is 57.5 Å². The van der Waals surface area contributed by atoms with Gasteiger partial charge < -0.3 is 10.2 Å². The molecule has 0 aromatic rings. The Labute approximate surface area is 122 Å². The smallest absolute Gasteiger partial charge is 0.332 e. The third-order valence-corrected chi connectivity index (χ3v) is 2.94. The molecule has 3 nitrogen and oxygen atoms in total. The minimum Gasteiger partial charge on any atom is -0.479 e. The quantitative estimate of drug-likeness (QED) is 0.319. The Kier molecular flexibility index (Phi) is 13.1. The lowest BCUT2D eigenvalue weighted by molar-refractivity contribution is -0.146. The van der Waals surface area contributed by atoms with Gasteiger partial charge in [-0.2, -0.15) is 0 Å². The Hall–Kier alpha value is -1.35. The lowest BCUT2D eigenvalue weighted by Gasteiger charge is -2.00. The molecule has 0 rings (SSSR count).